The van der Waals surface area contributed by atoms with Crippen LogP contribution in [0.3, 0.4) is 0 Å². The summed E-state index contributed by atoms with van der Waals surface area (Å²) in [7, 11) is 0. The summed E-state index contributed by atoms with van der Waals surface area (Å²) in [6.07, 6.45) is 1.01. The van der Waals surface area contributed by atoms with Crippen LogP contribution in [0.25, 0.3) is 11.1 Å². The minimum Gasteiger partial charge on any atom is -0.481 e. The van der Waals surface area contributed by atoms with Crippen molar-refractivity contribution in [3.63, 3.8) is 0 Å². The predicted molar refractivity (Wildman–Crippen MR) is 70.7 cm³/mol. The summed E-state index contributed by atoms with van der Waals surface area (Å²) in [6, 6.07) is -0.816. The number of carboxylic acids is 1. The number of nitrogens with one attached hydrogen (secondary N) is 1. The molecule has 2 aromatic heterocycles. The van der Waals surface area contributed by atoms with E-state index in [-0.39, 0.29) is 12.3 Å². The van der Waals surface area contributed by atoms with Crippen molar-refractivity contribution < 1.29 is 19.2 Å². The minimum absolute atomic E-state index is 0.304. The Labute approximate surface area is 118 Å². The molecule has 0 spiro atoms. The lowest BCUT2D eigenvalue weighted by atomic mass is 10.1. The highest BCUT2D eigenvalue weighted by atomic mass is 16.5. The molecule has 1 amide bonds. The van der Waals surface area contributed by atoms with Gasteiger partial charge in [0.05, 0.1) is 12.1 Å². The number of aliphatic carboxylic acids is 1. The fourth-order valence-electron chi connectivity index (χ4n) is 2.46. The molecule has 9 nitrogen and oxygen atoms in total. The van der Waals surface area contributed by atoms with Crippen LogP contribution in [-0.4, -0.2) is 51.2 Å². The quantitative estimate of drug-likeness (QED) is 0.791. The topological polar surface area (TPSA) is 121 Å². The van der Waals surface area contributed by atoms with Crippen LogP contribution in [0.15, 0.2) is 10.9 Å². The smallest absolute Gasteiger partial charge is 0.305 e. The monoisotopic (exact) mass is 291 g/mol. The Morgan fingerprint density at radius 3 is 3.14 bits per heavy atom. The molecule has 0 radical (unpaired) electrons. The van der Waals surface area contributed by atoms with Gasteiger partial charge in [0.25, 0.3) is 5.71 Å². The number of anilines is 1. The Balaban J connectivity index is 2.08. The van der Waals surface area contributed by atoms with Crippen molar-refractivity contribution in [3.05, 3.63) is 12.0 Å². The van der Waals surface area contributed by atoms with Crippen molar-refractivity contribution in [2.75, 3.05) is 18.0 Å². The Kier molecular flexibility index (Phi) is 3.16. The molecular formula is C12H13N5O4. The van der Waals surface area contributed by atoms with Gasteiger partial charge in [-0.1, -0.05) is 5.16 Å². The largest absolute Gasteiger partial charge is 0.481 e. The Hall–Kier alpha value is -2.71. The number of amides is 1. The third-order valence-corrected chi connectivity index (χ3v) is 3.39. The van der Waals surface area contributed by atoms with E-state index in [0.29, 0.717) is 35.7 Å². The number of aromatic nitrogens is 3. The fraction of sp³-hybridized carbons (Fsp3) is 0.417. The van der Waals surface area contributed by atoms with E-state index in [9.17, 15) is 9.59 Å². The number of fused-ring (bicyclic) bond motifs is 1. The Bertz CT molecular complexity index is 713. The zero-order valence-electron chi connectivity index (χ0n) is 11.2. The average Bonchev–Trinajstić information content (AvgIpc) is 2.83. The van der Waals surface area contributed by atoms with Gasteiger partial charge in [-0.3, -0.25) is 9.59 Å². The van der Waals surface area contributed by atoms with E-state index in [4.69, 9.17) is 9.63 Å². The van der Waals surface area contributed by atoms with Crippen LogP contribution >= 0.6 is 0 Å². The van der Waals surface area contributed by atoms with Crippen LogP contribution in [0.4, 0.5) is 5.82 Å². The Morgan fingerprint density at radius 1 is 1.57 bits per heavy atom. The number of piperazine rings is 1. The molecule has 2 N–H and O–H groups in total. The van der Waals surface area contributed by atoms with Crippen LogP contribution in [0.5, 0.6) is 0 Å². The molecule has 0 bridgehead atoms. The van der Waals surface area contributed by atoms with Crippen LogP contribution in [0, 0.1) is 6.92 Å². The normalized spacial score (nSPS) is 18.8. The number of nitrogens with zero attached hydrogens (tertiary/aromatic N) is 4. The molecule has 1 saturated heterocycles. The van der Waals surface area contributed by atoms with Gasteiger partial charge in [-0.15, -0.1) is 0 Å². The third kappa shape index (κ3) is 2.26. The second-order valence-corrected chi connectivity index (χ2v) is 4.74. The number of carboxylic acid groups (broad SMARTS) is 1. The molecular weight excluding hydrogens is 278 g/mol. The zero-order chi connectivity index (χ0) is 15.0. The molecule has 21 heavy (non-hydrogen) atoms. The summed E-state index contributed by atoms with van der Waals surface area (Å²) in [6.45, 7) is 2.63. The first-order chi connectivity index (χ1) is 10.1. The summed E-state index contributed by atoms with van der Waals surface area (Å²) in [5.74, 6) is -0.904. The number of rotatable bonds is 3. The van der Waals surface area contributed by atoms with Gasteiger partial charge in [0, 0.05) is 13.1 Å². The first kappa shape index (κ1) is 13.3. The van der Waals surface area contributed by atoms with Crippen molar-refractivity contribution >= 4 is 28.8 Å². The van der Waals surface area contributed by atoms with Gasteiger partial charge in [0.15, 0.2) is 0 Å². The van der Waals surface area contributed by atoms with E-state index < -0.39 is 12.0 Å². The van der Waals surface area contributed by atoms with E-state index in [2.05, 4.69) is 20.4 Å². The van der Waals surface area contributed by atoms with Crippen LogP contribution < -0.4 is 10.2 Å². The molecule has 1 aliphatic heterocycles. The highest BCUT2D eigenvalue weighted by molar-refractivity contribution is 5.94. The lowest BCUT2D eigenvalue weighted by molar-refractivity contribution is -0.139. The first-order valence-electron chi connectivity index (χ1n) is 6.41. The maximum Gasteiger partial charge on any atom is 0.305 e. The van der Waals surface area contributed by atoms with Gasteiger partial charge in [-0.25, -0.2) is 4.98 Å². The van der Waals surface area contributed by atoms with Gasteiger partial charge in [0.2, 0.25) is 5.91 Å². The molecule has 0 aliphatic carbocycles. The molecule has 3 rings (SSSR count). The SMILES string of the molecule is Cc1noc2ncnc(N3CCNC(=O)C3CC(=O)O)c12. The maximum absolute atomic E-state index is 12.0. The summed E-state index contributed by atoms with van der Waals surface area (Å²) >= 11 is 0. The number of carbonyl (C=O) groups is 2. The van der Waals surface area contributed by atoms with Gasteiger partial charge in [0.1, 0.15) is 23.6 Å². The van der Waals surface area contributed by atoms with Crippen LogP contribution in [-0.2, 0) is 9.59 Å². The van der Waals surface area contributed by atoms with Crippen molar-refractivity contribution in [3.8, 4) is 0 Å². The van der Waals surface area contributed by atoms with E-state index in [1.807, 2.05) is 0 Å². The first-order valence-corrected chi connectivity index (χ1v) is 6.41. The molecule has 0 aromatic carbocycles. The number of hydrogen-bond donors (Lipinski definition) is 2. The van der Waals surface area contributed by atoms with Gasteiger partial charge in [-0.2, -0.15) is 4.98 Å². The maximum atomic E-state index is 12.0. The molecule has 0 saturated carbocycles. The third-order valence-electron chi connectivity index (χ3n) is 3.39. The highest BCUT2D eigenvalue weighted by Crippen LogP contribution is 2.28. The van der Waals surface area contributed by atoms with Crippen molar-refractivity contribution in [1.29, 1.82) is 0 Å². The minimum atomic E-state index is -1.05. The lowest BCUT2D eigenvalue weighted by Crippen LogP contribution is -2.56. The molecule has 3 heterocycles. The second-order valence-electron chi connectivity index (χ2n) is 4.74. The molecule has 1 aliphatic rings. The van der Waals surface area contributed by atoms with Crippen molar-refractivity contribution in [2.24, 2.45) is 0 Å². The summed E-state index contributed by atoms with van der Waals surface area (Å²) in [5.41, 5.74) is 0.915. The van der Waals surface area contributed by atoms with Crippen molar-refractivity contribution in [2.45, 2.75) is 19.4 Å². The number of hydrogen-bond acceptors (Lipinski definition) is 7. The van der Waals surface area contributed by atoms with E-state index in [0.717, 1.165) is 0 Å². The molecule has 1 atom stereocenters. The lowest BCUT2D eigenvalue weighted by Gasteiger charge is -2.35. The molecule has 9 heteroatoms. The van der Waals surface area contributed by atoms with E-state index >= 15 is 0 Å². The molecule has 110 valence electrons. The Morgan fingerprint density at radius 2 is 2.38 bits per heavy atom. The van der Waals surface area contributed by atoms with E-state index in [1.54, 1.807) is 11.8 Å². The molecule has 2 aromatic rings. The van der Waals surface area contributed by atoms with E-state index in [1.165, 1.54) is 6.33 Å². The average molecular weight is 291 g/mol. The standard InChI is InChI=1S/C12H13N5O4/c1-6-9-10(14-5-15-12(9)21-16-6)17-3-2-13-11(20)7(17)4-8(18)19/h5,7H,2-4H2,1H3,(H,13,20)(H,18,19). The van der Waals surface area contributed by atoms with Crippen LogP contribution in [0.1, 0.15) is 12.1 Å². The molecule has 1 unspecified atom stereocenters. The zero-order valence-corrected chi connectivity index (χ0v) is 11.2. The fourth-order valence-corrected chi connectivity index (χ4v) is 2.46. The summed E-state index contributed by atoms with van der Waals surface area (Å²) in [5, 5.41) is 16.1. The van der Waals surface area contributed by atoms with Crippen LogP contribution in [0.2, 0.25) is 0 Å². The second kappa shape index (κ2) is 5.00. The summed E-state index contributed by atoms with van der Waals surface area (Å²) in [4.78, 5) is 32.8. The highest BCUT2D eigenvalue weighted by Gasteiger charge is 2.34. The summed E-state index contributed by atoms with van der Waals surface area (Å²) < 4.78 is 5.08. The number of aryl methyl sites for hydroxylation is 1. The van der Waals surface area contributed by atoms with Gasteiger partial charge < -0.3 is 19.8 Å². The van der Waals surface area contributed by atoms with Gasteiger partial charge >= 0.3 is 5.97 Å². The van der Waals surface area contributed by atoms with Gasteiger partial charge in [-0.05, 0) is 6.92 Å². The molecule has 1 fully saturated rings. The predicted octanol–water partition coefficient (Wildman–Crippen LogP) is -0.294. The van der Waals surface area contributed by atoms with Crippen molar-refractivity contribution in [1.82, 2.24) is 20.4 Å². The number of carbonyl (C=O) groups excluding carboxylic acids is 1.